The van der Waals surface area contributed by atoms with E-state index in [-0.39, 0.29) is 0 Å². The molecule has 0 aromatic heterocycles. The van der Waals surface area contributed by atoms with E-state index in [4.69, 9.17) is 5.73 Å². The van der Waals surface area contributed by atoms with Crippen LogP contribution in [0, 0.1) is 17.8 Å². The summed E-state index contributed by atoms with van der Waals surface area (Å²) >= 11 is 0. The second kappa shape index (κ2) is 5.35. The van der Waals surface area contributed by atoms with E-state index < -0.39 is 6.03 Å². The molecule has 0 radical (unpaired) electrons. The highest BCUT2D eigenvalue weighted by atomic mass is 16.2. The highest BCUT2D eigenvalue weighted by molar-refractivity contribution is 5.70. The average molecular weight is 213 g/mol. The number of primary amides is 1. The van der Waals surface area contributed by atoms with Gasteiger partial charge in [-0.05, 0) is 30.6 Å². The highest BCUT2D eigenvalue weighted by Gasteiger charge is 2.30. The molecular formula is C11H23N3O. The molecule has 0 heterocycles. The Morgan fingerprint density at radius 2 is 2.07 bits per heavy atom. The summed E-state index contributed by atoms with van der Waals surface area (Å²) in [6.45, 7) is 6.73. The minimum absolute atomic E-state index is 0.362. The van der Waals surface area contributed by atoms with Gasteiger partial charge in [-0.3, -0.25) is 5.43 Å². The van der Waals surface area contributed by atoms with Gasteiger partial charge in [0.05, 0.1) is 0 Å². The molecule has 0 aromatic rings. The molecule has 0 unspecified atom stereocenters. The van der Waals surface area contributed by atoms with E-state index in [1.54, 1.807) is 0 Å². The summed E-state index contributed by atoms with van der Waals surface area (Å²) in [5.74, 6) is 2.00. The van der Waals surface area contributed by atoms with Gasteiger partial charge in [0.1, 0.15) is 0 Å². The van der Waals surface area contributed by atoms with Crippen LogP contribution in [0.25, 0.3) is 0 Å². The Labute approximate surface area is 92.0 Å². The molecule has 1 aliphatic rings. The summed E-state index contributed by atoms with van der Waals surface area (Å²) in [5.41, 5.74) is 10.6. The maximum Gasteiger partial charge on any atom is 0.326 e. The predicted molar refractivity (Wildman–Crippen MR) is 61.0 cm³/mol. The van der Waals surface area contributed by atoms with Crippen LogP contribution in [-0.2, 0) is 0 Å². The summed E-state index contributed by atoms with van der Waals surface area (Å²) in [6.07, 6.45) is 3.64. The van der Waals surface area contributed by atoms with Crippen LogP contribution in [0.1, 0.15) is 40.0 Å². The van der Waals surface area contributed by atoms with Gasteiger partial charge in [-0.2, -0.15) is 0 Å². The van der Waals surface area contributed by atoms with Crippen molar-refractivity contribution in [3.8, 4) is 0 Å². The molecule has 15 heavy (non-hydrogen) atoms. The van der Waals surface area contributed by atoms with Crippen molar-refractivity contribution in [2.45, 2.75) is 46.1 Å². The summed E-state index contributed by atoms with van der Waals surface area (Å²) < 4.78 is 0. The first-order valence-electron chi connectivity index (χ1n) is 5.81. The maximum absolute atomic E-state index is 10.6. The molecule has 4 nitrogen and oxygen atoms in total. The molecule has 88 valence electrons. The zero-order valence-corrected chi connectivity index (χ0v) is 9.92. The number of amides is 2. The molecule has 2 amide bonds. The van der Waals surface area contributed by atoms with Gasteiger partial charge in [-0.15, -0.1) is 0 Å². The molecule has 0 saturated heterocycles. The molecule has 0 aromatic carbocycles. The van der Waals surface area contributed by atoms with Gasteiger partial charge >= 0.3 is 6.03 Å². The van der Waals surface area contributed by atoms with Crippen LogP contribution in [0.3, 0.4) is 0 Å². The quantitative estimate of drug-likeness (QED) is 0.624. The Morgan fingerprint density at radius 3 is 2.60 bits per heavy atom. The smallest absolute Gasteiger partial charge is 0.326 e. The lowest BCUT2D eigenvalue weighted by molar-refractivity contribution is 0.158. The lowest BCUT2D eigenvalue weighted by Crippen LogP contribution is -2.52. The number of carbonyl (C=O) groups is 1. The number of nitrogens with two attached hydrogens (primary N) is 1. The van der Waals surface area contributed by atoms with Gasteiger partial charge in [0.15, 0.2) is 0 Å². The standard InChI is InChI=1S/C11H23N3O/c1-7(2)9-5-4-8(3)6-10(9)13-14-11(12)15/h7-10,13H,4-6H2,1-3H3,(H3,12,14,15)/t8-,9+,10+/m0/s1. The van der Waals surface area contributed by atoms with Crippen LogP contribution >= 0.6 is 0 Å². The third kappa shape index (κ3) is 3.70. The van der Waals surface area contributed by atoms with Crippen molar-refractivity contribution < 1.29 is 4.79 Å². The van der Waals surface area contributed by atoms with Gasteiger partial charge in [0.2, 0.25) is 0 Å². The minimum Gasteiger partial charge on any atom is -0.351 e. The molecular weight excluding hydrogens is 190 g/mol. The molecule has 0 aliphatic heterocycles. The van der Waals surface area contributed by atoms with Crippen molar-refractivity contribution in [3.05, 3.63) is 0 Å². The van der Waals surface area contributed by atoms with Gasteiger partial charge in [-0.25, -0.2) is 10.2 Å². The number of nitrogens with one attached hydrogen (secondary N) is 2. The minimum atomic E-state index is -0.504. The number of urea groups is 1. The van der Waals surface area contributed by atoms with Gasteiger partial charge in [0.25, 0.3) is 0 Å². The first-order valence-corrected chi connectivity index (χ1v) is 5.81. The Hall–Kier alpha value is -0.770. The van der Waals surface area contributed by atoms with E-state index in [1.165, 1.54) is 12.8 Å². The van der Waals surface area contributed by atoms with Crippen molar-refractivity contribution in [1.82, 2.24) is 10.9 Å². The van der Waals surface area contributed by atoms with E-state index >= 15 is 0 Å². The summed E-state index contributed by atoms with van der Waals surface area (Å²) in [6, 6.07) is -0.142. The fourth-order valence-electron chi connectivity index (χ4n) is 2.53. The van der Waals surface area contributed by atoms with Crippen LogP contribution in [-0.4, -0.2) is 12.1 Å². The third-order valence-electron chi connectivity index (χ3n) is 3.40. The third-order valence-corrected chi connectivity index (χ3v) is 3.40. The Balaban J connectivity index is 2.50. The van der Waals surface area contributed by atoms with E-state index in [0.717, 1.165) is 12.3 Å². The molecule has 1 saturated carbocycles. The van der Waals surface area contributed by atoms with Crippen molar-refractivity contribution in [2.24, 2.45) is 23.5 Å². The van der Waals surface area contributed by atoms with Gasteiger partial charge in [-0.1, -0.05) is 27.2 Å². The number of carbonyl (C=O) groups excluding carboxylic acids is 1. The monoisotopic (exact) mass is 213 g/mol. The predicted octanol–water partition coefficient (Wildman–Crippen LogP) is 1.62. The van der Waals surface area contributed by atoms with Crippen molar-refractivity contribution in [3.63, 3.8) is 0 Å². The van der Waals surface area contributed by atoms with Gasteiger partial charge < -0.3 is 5.73 Å². The number of hydrazine groups is 1. The molecule has 4 heteroatoms. The largest absolute Gasteiger partial charge is 0.351 e. The Bertz CT molecular complexity index is 218. The highest BCUT2D eigenvalue weighted by Crippen LogP contribution is 2.33. The van der Waals surface area contributed by atoms with E-state index in [2.05, 4.69) is 31.6 Å². The van der Waals surface area contributed by atoms with E-state index in [0.29, 0.717) is 17.9 Å². The molecule has 0 bridgehead atoms. The molecule has 1 fully saturated rings. The first-order chi connectivity index (χ1) is 7.00. The van der Waals surface area contributed by atoms with Crippen molar-refractivity contribution in [1.29, 1.82) is 0 Å². The molecule has 1 rings (SSSR count). The van der Waals surface area contributed by atoms with Crippen LogP contribution in [0.5, 0.6) is 0 Å². The van der Waals surface area contributed by atoms with Crippen molar-refractivity contribution >= 4 is 6.03 Å². The molecule has 0 spiro atoms. The Kier molecular flexibility index (Phi) is 4.39. The zero-order valence-electron chi connectivity index (χ0n) is 9.92. The van der Waals surface area contributed by atoms with Gasteiger partial charge in [0, 0.05) is 6.04 Å². The topological polar surface area (TPSA) is 67.2 Å². The van der Waals surface area contributed by atoms with Crippen LogP contribution < -0.4 is 16.6 Å². The number of hydrogen-bond donors (Lipinski definition) is 3. The maximum atomic E-state index is 10.6. The second-order valence-electron chi connectivity index (χ2n) is 5.07. The van der Waals surface area contributed by atoms with Crippen LogP contribution in [0.4, 0.5) is 4.79 Å². The summed E-state index contributed by atoms with van der Waals surface area (Å²) in [7, 11) is 0. The van der Waals surface area contributed by atoms with Crippen LogP contribution in [0.2, 0.25) is 0 Å². The van der Waals surface area contributed by atoms with Crippen molar-refractivity contribution in [2.75, 3.05) is 0 Å². The first kappa shape index (κ1) is 12.3. The lowest BCUT2D eigenvalue weighted by atomic mass is 9.74. The van der Waals surface area contributed by atoms with E-state index in [1.807, 2.05) is 0 Å². The Morgan fingerprint density at radius 1 is 1.40 bits per heavy atom. The second-order valence-corrected chi connectivity index (χ2v) is 5.07. The zero-order chi connectivity index (χ0) is 11.4. The number of hydrogen-bond acceptors (Lipinski definition) is 2. The SMILES string of the molecule is CC(C)[C@H]1CC[C@H](C)C[C@H]1NNC(N)=O. The summed E-state index contributed by atoms with van der Waals surface area (Å²) in [5, 5.41) is 0. The fourth-order valence-corrected chi connectivity index (χ4v) is 2.53. The normalized spacial score (nSPS) is 31.6. The average Bonchev–Trinajstić information content (AvgIpc) is 2.14. The fraction of sp³-hybridized carbons (Fsp3) is 0.909. The molecule has 4 N–H and O–H groups in total. The summed E-state index contributed by atoms with van der Waals surface area (Å²) in [4.78, 5) is 10.6. The number of rotatable bonds is 3. The lowest BCUT2D eigenvalue weighted by Gasteiger charge is -2.37. The molecule has 1 aliphatic carbocycles. The van der Waals surface area contributed by atoms with Crippen LogP contribution in [0.15, 0.2) is 0 Å². The van der Waals surface area contributed by atoms with E-state index in [9.17, 15) is 4.79 Å². The molecule has 3 atom stereocenters.